The van der Waals surface area contributed by atoms with Crippen molar-refractivity contribution in [1.29, 1.82) is 0 Å². The molecule has 0 saturated carbocycles. The number of aliphatic hydroxyl groups is 1. The van der Waals surface area contributed by atoms with E-state index < -0.39 is 0 Å². The van der Waals surface area contributed by atoms with Crippen LogP contribution in [0, 0.1) is 5.92 Å². The number of hydrogen-bond acceptors (Lipinski definition) is 3. The lowest BCUT2D eigenvalue weighted by atomic mass is 9.97. The number of fused-ring (bicyclic) bond motifs is 1. The molecule has 0 atom stereocenters. The highest BCUT2D eigenvalue weighted by atomic mass is 35.5. The van der Waals surface area contributed by atoms with E-state index in [-0.39, 0.29) is 0 Å². The summed E-state index contributed by atoms with van der Waals surface area (Å²) in [6.07, 6.45) is 4.38. The molecule has 0 aliphatic carbocycles. The second-order valence-electron chi connectivity index (χ2n) is 5.68. The van der Waals surface area contributed by atoms with Gasteiger partial charge in [0.15, 0.2) is 0 Å². The van der Waals surface area contributed by atoms with Crippen LogP contribution in [0.5, 0.6) is 5.75 Å². The predicted octanol–water partition coefficient (Wildman–Crippen LogP) is 2.82. The third-order valence-electron chi connectivity index (χ3n) is 4.14. The Labute approximate surface area is 124 Å². The second kappa shape index (κ2) is 6.17. The van der Waals surface area contributed by atoms with E-state index in [2.05, 4.69) is 11.0 Å². The van der Waals surface area contributed by atoms with E-state index in [0.29, 0.717) is 19.1 Å². The summed E-state index contributed by atoms with van der Waals surface area (Å²) < 4.78 is 5.78. The largest absolute Gasteiger partial charge is 0.489 e. The van der Waals surface area contributed by atoms with Crippen molar-refractivity contribution in [3.63, 3.8) is 0 Å². The summed E-state index contributed by atoms with van der Waals surface area (Å²) in [7, 11) is 0. The van der Waals surface area contributed by atoms with Gasteiger partial charge in [0, 0.05) is 23.7 Å². The molecule has 0 bridgehead atoms. The molecule has 1 aromatic carbocycles. The molecule has 3 nitrogen and oxygen atoms in total. The van der Waals surface area contributed by atoms with Crippen molar-refractivity contribution in [2.24, 2.45) is 5.92 Å². The molecule has 0 radical (unpaired) electrons. The average Bonchev–Trinajstić information content (AvgIpc) is 2.47. The fourth-order valence-electron chi connectivity index (χ4n) is 2.90. The maximum Gasteiger partial charge on any atom is 0.127 e. The number of benzene rings is 1. The van der Waals surface area contributed by atoms with E-state index in [0.717, 1.165) is 48.8 Å². The molecule has 1 fully saturated rings. The van der Waals surface area contributed by atoms with E-state index in [9.17, 15) is 5.11 Å². The first-order valence-electron chi connectivity index (χ1n) is 7.19. The van der Waals surface area contributed by atoms with Crippen LogP contribution < -0.4 is 4.74 Å². The first kappa shape index (κ1) is 13.9. The molecule has 1 N–H and O–H groups in total. The van der Waals surface area contributed by atoms with Gasteiger partial charge in [-0.25, -0.2) is 0 Å². The fourth-order valence-corrected chi connectivity index (χ4v) is 3.08. The van der Waals surface area contributed by atoms with Crippen molar-refractivity contribution in [1.82, 2.24) is 4.90 Å². The van der Waals surface area contributed by atoms with Gasteiger partial charge < -0.3 is 9.84 Å². The molecule has 0 spiro atoms. The lowest BCUT2D eigenvalue weighted by Gasteiger charge is -2.32. The van der Waals surface area contributed by atoms with Gasteiger partial charge in [-0.3, -0.25) is 4.90 Å². The molecule has 108 valence electrons. The number of likely N-dealkylation sites (tertiary alicyclic amines) is 1. The highest BCUT2D eigenvalue weighted by molar-refractivity contribution is 6.30. The molecule has 2 aliphatic rings. The van der Waals surface area contributed by atoms with Gasteiger partial charge >= 0.3 is 0 Å². The number of rotatable bonds is 3. The van der Waals surface area contributed by atoms with Crippen LogP contribution >= 0.6 is 11.6 Å². The number of hydrogen-bond donors (Lipinski definition) is 1. The van der Waals surface area contributed by atoms with E-state index in [4.69, 9.17) is 16.3 Å². The van der Waals surface area contributed by atoms with Crippen LogP contribution in [0.3, 0.4) is 0 Å². The molecule has 2 aliphatic heterocycles. The maximum absolute atomic E-state index is 9.17. The molecule has 4 heteroatoms. The Morgan fingerprint density at radius 1 is 1.30 bits per heavy atom. The number of halogens is 1. The number of piperidine rings is 1. The van der Waals surface area contributed by atoms with Gasteiger partial charge in [-0.15, -0.1) is 0 Å². The summed E-state index contributed by atoms with van der Waals surface area (Å²) >= 11 is 6.03. The summed E-state index contributed by atoms with van der Waals surface area (Å²) in [5.41, 5.74) is 2.37. The van der Waals surface area contributed by atoms with E-state index in [1.165, 1.54) is 5.57 Å². The highest BCUT2D eigenvalue weighted by Gasteiger charge is 2.20. The predicted molar refractivity (Wildman–Crippen MR) is 81.2 cm³/mol. The van der Waals surface area contributed by atoms with Crippen LogP contribution in [-0.4, -0.2) is 42.9 Å². The second-order valence-corrected chi connectivity index (χ2v) is 6.11. The molecule has 2 heterocycles. The Morgan fingerprint density at radius 2 is 2.10 bits per heavy atom. The molecule has 1 saturated heterocycles. The van der Waals surface area contributed by atoms with Crippen LogP contribution in [0.4, 0.5) is 0 Å². The lowest BCUT2D eigenvalue weighted by molar-refractivity contribution is 0.136. The van der Waals surface area contributed by atoms with Gasteiger partial charge in [-0.05, 0) is 61.7 Å². The van der Waals surface area contributed by atoms with Crippen LogP contribution in [0.15, 0.2) is 23.8 Å². The third kappa shape index (κ3) is 3.17. The molecular formula is C16H20ClNO2. The van der Waals surface area contributed by atoms with Crippen LogP contribution in [0.1, 0.15) is 18.4 Å². The zero-order valence-electron chi connectivity index (χ0n) is 11.5. The van der Waals surface area contributed by atoms with E-state index in [1.54, 1.807) is 0 Å². The van der Waals surface area contributed by atoms with Crippen LogP contribution in [0.2, 0.25) is 5.02 Å². The van der Waals surface area contributed by atoms with E-state index in [1.807, 2.05) is 18.2 Å². The first-order valence-corrected chi connectivity index (χ1v) is 7.57. The number of nitrogens with zero attached hydrogens (tertiary/aromatic N) is 1. The van der Waals surface area contributed by atoms with Crippen molar-refractivity contribution in [3.05, 3.63) is 34.4 Å². The van der Waals surface area contributed by atoms with Gasteiger partial charge in [0.05, 0.1) is 0 Å². The molecule has 0 aromatic heterocycles. The SMILES string of the molecule is OCC1CCN(CC2=Cc3cc(Cl)ccc3OC2)CC1. The van der Waals surface area contributed by atoms with Gasteiger partial charge in [-0.2, -0.15) is 0 Å². The zero-order chi connectivity index (χ0) is 13.9. The molecular weight excluding hydrogens is 274 g/mol. The molecule has 0 amide bonds. The standard InChI is InChI=1S/C16H20ClNO2/c17-15-1-2-16-14(8-15)7-13(11-20-16)9-18-5-3-12(10-19)4-6-18/h1-2,7-8,12,19H,3-6,9-11H2. The minimum Gasteiger partial charge on any atom is -0.489 e. The molecule has 1 aromatic rings. The van der Waals surface area contributed by atoms with Crippen molar-refractivity contribution >= 4 is 17.7 Å². The van der Waals surface area contributed by atoms with Crippen molar-refractivity contribution in [2.75, 3.05) is 32.8 Å². The van der Waals surface area contributed by atoms with E-state index >= 15 is 0 Å². The minimum absolute atomic E-state index is 0.325. The third-order valence-corrected chi connectivity index (χ3v) is 4.37. The number of ether oxygens (including phenoxy) is 1. The Morgan fingerprint density at radius 3 is 2.85 bits per heavy atom. The summed E-state index contributed by atoms with van der Waals surface area (Å²) in [5.74, 6) is 1.40. The normalized spacial score (nSPS) is 20.2. The smallest absolute Gasteiger partial charge is 0.127 e. The Kier molecular flexibility index (Phi) is 4.29. The van der Waals surface area contributed by atoms with Crippen molar-refractivity contribution < 1.29 is 9.84 Å². The Hall–Kier alpha value is -1.03. The van der Waals surface area contributed by atoms with Crippen molar-refractivity contribution in [2.45, 2.75) is 12.8 Å². The summed E-state index contributed by atoms with van der Waals surface area (Å²) in [5, 5.41) is 9.92. The van der Waals surface area contributed by atoms with Crippen molar-refractivity contribution in [3.8, 4) is 5.75 Å². The van der Waals surface area contributed by atoms with Gasteiger partial charge in [0.2, 0.25) is 0 Å². The number of aliphatic hydroxyl groups excluding tert-OH is 1. The Balaban J connectivity index is 1.64. The van der Waals surface area contributed by atoms with Crippen LogP contribution in [0.25, 0.3) is 6.08 Å². The lowest BCUT2D eigenvalue weighted by Crippen LogP contribution is -2.36. The summed E-state index contributed by atoms with van der Waals surface area (Å²) in [6.45, 7) is 4.06. The fraction of sp³-hybridized carbons (Fsp3) is 0.500. The maximum atomic E-state index is 9.17. The summed E-state index contributed by atoms with van der Waals surface area (Å²) in [6, 6.07) is 5.74. The summed E-state index contributed by atoms with van der Waals surface area (Å²) in [4.78, 5) is 2.44. The monoisotopic (exact) mass is 293 g/mol. The topological polar surface area (TPSA) is 32.7 Å². The molecule has 20 heavy (non-hydrogen) atoms. The van der Waals surface area contributed by atoms with Gasteiger partial charge in [0.25, 0.3) is 0 Å². The zero-order valence-corrected chi connectivity index (χ0v) is 12.3. The molecule has 0 unspecified atom stereocenters. The first-order chi connectivity index (χ1) is 9.74. The average molecular weight is 294 g/mol. The van der Waals surface area contributed by atoms with Gasteiger partial charge in [0.1, 0.15) is 12.4 Å². The van der Waals surface area contributed by atoms with Crippen LogP contribution in [-0.2, 0) is 0 Å². The quantitative estimate of drug-likeness (QED) is 0.930. The highest BCUT2D eigenvalue weighted by Crippen LogP contribution is 2.29. The minimum atomic E-state index is 0.325. The molecule has 3 rings (SSSR count). The Bertz CT molecular complexity index is 507. The van der Waals surface area contributed by atoms with Gasteiger partial charge in [-0.1, -0.05) is 11.6 Å².